The number of thioether (sulfide) groups is 1. The summed E-state index contributed by atoms with van der Waals surface area (Å²) in [4.78, 5) is 28.2. The van der Waals surface area contributed by atoms with Gasteiger partial charge in [-0.1, -0.05) is 29.8 Å². The Hall–Kier alpha value is -1.86. The molecule has 7 heteroatoms. The Bertz CT molecular complexity index is 749. The van der Waals surface area contributed by atoms with Crippen molar-refractivity contribution in [2.75, 3.05) is 11.5 Å². The molecule has 0 radical (unpaired) electrons. The number of carboxylic acids is 1. The fraction of sp³-hybridized carbons (Fsp3) is 0.353. The number of amides is 1. The Balaban J connectivity index is 1.67. The first-order chi connectivity index (χ1) is 11.5. The van der Waals surface area contributed by atoms with Gasteiger partial charge in [0.1, 0.15) is 10.5 Å². The van der Waals surface area contributed by atoms with Crippen molar-refractivity contribution >= 4 is 35.0 Å². The first-order valence-electron chi connectivity index (χ1n) is 7.62. The normalized spacial score (nSPS) is 20.0. The molecule has 2 heterocycles. The summed E-state index contributed by atoms with van der Waals surface area (Å²) in [6.45, 7) is 2.03. The minimum absolute atomic E-state index is 0.0993. The van der Waals surface area contributed by atoms with Gasteiger partial charge in [-0.2, -0.15) is 11.8 Å². The van der Waals surface area contributed by atoms with Gasteiger partial charge in [0, 0.05) is 16.7 Å². The summed E-state index contributed by atoms with van der Waals surface area (Å²) in [6, 6.07) is 8.06. The van der Waals surface area contributed by atoms with E-state index in [9.17, 15) is 14.7 Å². The summed E-state index contributed by atoms with van der Waals surface area (Å²) >= 11 is 3.04. The van der Waals surface area contributed by atoms with Crippen LogP contribution < -0.4 is 5.32 Å². The summed E-state index contributed by atoms with van der Waals surface area (Å²) in [7, 11) is 0. The van der Waals surface area contributed by atoms with Crippen molar-refractivity contribution < 1.29 is 14.7 Å². The molecule has 1 amide bonds. The van der Waals surface area contributed by atoms with Crippen LogP contribution in [0.1, 0.15) is 17.7 Å². The molecule has 0 saturated carbocycles. The van der Waals surface area contributed by atoms with E-state index in [1.165, 1.54) is 16.9 Å². The minimum Gasteiger partial charge on any atom is -0.479 e. The number of carbonyl (C=O) groups is 2. The number of nitrogens with one attached hydrogen (secondary N) is 1. The number of thiazole rings is 1. The second-order valence-electron chi connectivity index (χ2n) is 5.92. The second kappa shape index (κ2) is 6.94. The maximum atomic E-state index is 12.2. The molecule has 1 unspecified atom stereocenters. The number of hydrogen-bond donors (Lipinski definition) is 2. The Labute approximate surface area is 148 Å². The number of carbonyl (C=O) groups excluding carboxylic acids is 1. The average Bonchev–Trinajstić information content (AvgIpc) is 3.18. The third-order valence-electron chi connectivity index (χ3n) is 4.00. The Morgan fingerprint density at radius 1 is 1.33 bits per heavy atom. The van der Waals surface area contributed by atoms with Crippen molar-refractivity contribution in [1.82, 2.24) is 10.3 Å². The van der Waals surface area contributed by atoms with Crippen LogP contribution in [0.4, 0.5) is 0 Å². The van der Waals surface area contributed by atoms with E-state index in [-0.39, 0.29) is 12.3 Å². The van der Waals surface area contributed by atoms with E-state index >= 15 is 0 Å². The van der Waals surface area contributed by atoms with Crippen LogP contribution in [0.2, 0.25) is 0 Å². The van der Waals surface area contributed by atoms with Gasteiger partial charge in [-0.25, -0.2) is 9.78 Å². The van der Waals surface area contributed by atoms with Crippen LogP contribution in [-0.4, -0.2) is 39.0 Å². The molecule has 1 saturated heterocycles. The van der Waals surface area contributed by atoms with Crippen molar-refractivity contribution in [3.8, 4) is 10.6 Å². The molecule has 3 rings (SSSR count). The first-order valence-corrected chi connectivity index (χ1v) is 9.65. The van der Waals surface area contributed by atoms with Crippen LogP contribution in [0.15, 0.2) is 29.6 Å². The highest BCUT2D eigenvalue weighted by Crippen LogP contribution is 2.29. The number of hydrogen-bond acceptors (Lipinski definition) is 5. The lowest BCUT2D eigenvalue weighted by molar-refractivity contribution is -0.146. The van der Waals surface area contributed by atoms with Crippen LogP contribution in [-0.2, 0) is 16.0 Å². The zero-order valence-corrected chi connectivity index (χ0v) is 14.9. The maximum absolute atomic E-state index is 12.2. The molecule has 1 aromatic carbocycles. The molecule has 1 aromatic heterocycles. The third-order valence-corrected chi connectivity index (χ3v) is 6.13. The number of aryl methyl sites for hydroxylation is 1. The van der Waals surface area contributed by atoms with Crippen LogP contribution in [0, 0.1) is 6.92 Å². The smallest absolute Gasteiger partial charge is 0.330 e. The highest BCUT2D eigenvalue weighted by molar-refractivity contribution is 7.99. The Kier molecular flexibility index (Phi) is 4.91. The lowest BCUT2D eigenvalue weighted by Gasteiger charge is -2.24. The molecule has 0 bridgehead atoms. The van der Waals surface area contributed by atoms with Crippen molar-refractivity contribution in [2.24, 2.45) is 0 Å². The molecule has 1 atom stereocenters. The number of nitrogens with zero attached hydrogens (tertiary/aromatic N) is 1. The summed E-state index contributed by atoms with van der Waals surface area (Å²) < 4.78 is 0. The van der Waals surface area contributed by atoms with Crippen LogP contribution in [0.3, 0.4) is 0 Å². The summed E-state index contributed by atoms with van der Waals surface area (Å²) in [6.07, 6.45) is 0.562. The van der Waals surface area contributed by atoms with Crippen molar-refractivity contribution in [3.63, 3.8) is 0 Å². The quantitative estimate of drug-likeness (QED) is 0.855. The summed E-state index contributed by atoms with van der Waals surface area (Å²) in [5, 5.41) is 14.8. The number of aliphatic carboxylic acids is 1. The van der Waals surface area contributed by atoms with Crippen LogP contribution >= 0.6 is 23.1 Å². The molecule has 126 valence electrons. The molecule has 24 heavy (non-hydrogen) atoms. The monoisotopic (exact) mass is 362 g/mol. The third kappa shape index (κ3) is 3.62. The van der Waals surface area contributed by atoms with E-state index in [1.807, 2.05) is 36.6 Å². The van der Waals surface area contributed by atoms with E-state index in [0.29, 0.717) is 17.9 Å². The van der Waals surface area contributed by atoms with E-state index in [4.69, 9.17) is 0 Å². The first kappa shape index (κ1) is 17.0. The van der Waals surface area contributed by atoms with E-state index in [2.05, 4.69) is 10.3 Å². The SMILES string of the molecule is Cc1ccc(-c2nc(CC(=O)NC3(C(=O)O)CCSC3)cs2)cc1. The number of carboxylic acid groups (broad SMARTS) is 1. The van der Waals surface area contributed by atoms with Crippen molar-refractivity contribution in [2.45, 2.75) is 25.3 Å². The van der Waals surface area contributed by atoms with Crippen molar-refractivity contribution in [1.29, 1.82) is 0 Å². The fourth-order valence-corrected chi connectivity index (χ4v) is 4.73. The Morgan fingerprint density at radius 2 is 2.08 bits per heavy atom. The second-order valence-corrected chi connectivity index (χ2v) is 7.89. The highest BCUT2D eigenvalue weighted by atomic mass is 32.2. The van der Waals surface area contributed by atoms with Gasteiger partial charge in [0.25, 0.3) is 0 Å². The number of rotatable bonds is 5. The molecule has 5 nitrogen and oxygen atoms in total. The van der Waals surface area contributed by atoms with E-state index in [0.717, 1.165) is 16.3 Å². The van der Waals surface area contributed by atoms with Gasteiger partial charge >= 0.3 is 5.97 Å². The van der Waals surface area contributed by atoms with Crippen molar-refractivity contribution in [3.05, 3.63) is 40.9 Å². The number of benzene rings is 1. The van der Waals surface area contributed by atoms with Gasteiger partial charge in [-0.15, -0.1) is 11.3 Å². The van der Waals surface area contributed by atoms with E-state index in [1.54, 1.807) is 11.8 Å². The van der Waals surface area contributed by atoms with Gasteiger partial charge < -0.3 is 10.4 Å². The zero-order chi connectivity index (χ0) is 17.2. The van der Waals surface area contributed by atoms with Gasteiger partial charge in [0.15, 0.2) is 0 Å². The van der Waals surface area contributed by atoms with Gasteiger partial charge in [0.05, 0.1) is 12.1 Å². The zero-order valence-electron chi connectivity index (χ0n) is 13.2. The molecule has 0 spiro atoms. The largest absolute Gasteiger partial charge is 0.479 e. The average molecular weight is 362 g/mol. The maximum Gasteiger partial charge on any atom is 0.330 e. The van der Waals surface area contributed by atoms with E-state index < -0.39 is 11.5 Å². The molecule has 2 N–H and O–H groups in total. The fourth-order valence-electron chi connectivity index (χ4n) is 2.58. The molecular weight excluding hydrogens is 344 g/mol. The molecule has 1 fully saturated rings. The molecular formula is C17H18N2O3S2. The minimum atomic E-state index is -1.13. The topological polar surface area (TPSA) is 79.3 Å². The highest BCUT2D eigenvalue weighted by Gasteiger charge is 2.43. The predicted octanol–water partition coefficient (Wildman–Crippen LogP) is 2.74. The lowest BCUT2D eigenvalue weighted by atomic mass is 9.99. The van der Waals surface area contributed by atoms with Gasteiger partial charge in [-0.05, 0) is 19.1 Å². The van der Waals surface area contributed by atoms with Gasteiger partial charge in [-0.3, -0.25) is 4.79 Å². The molecule has 1 aliphatic rings. The predicted molar refractivity (Wildman–Crippen MR) is 96.4 cm³/mol. The Morgan fingerprint density at radius 3 is 2.71 bits per heavy atom. The summed E-state index contributed by atoms with van der Waals surface area (Å²) in [5.74, 6) is -0.0826. The number of aromatic nitrogens is 1. The van der Waals surface area contributed by atoms with Crippen LogP contribution in [0.25, 0.3) is 10.6 Å². The van der Waals surface area contributed by atoms with Crippen LogP contribution in [0.5, 0.6) is 0 Å². The molecule has 1 aliphatic heterocycles. The standard InChI is InChI=1S/C17H18N2O3S2/c1-11-2-4-12(5-3-11)15-18-13(9-24-15)8-14(20)19-17(16(21)22)6-7-23-10-17/h2-5,9H,6-8,10H2,1H3,(H,19,20)(H,21,22). The molecule has 0 aliphatic carbocycles. The van der Waals surface area contributed by atoms with Gasteiger partial charge in [0.2, 0.25) is 5.91 Å². The summed E-state index contributed by atoms with van der Waals surface area (Å²) in [5.41, 5.74) is 1.74. The lowest BCUT2D eigenvalue weighted by Crippen LogP contribution is -2.55. The molecule has 2 aromatic rings.